The predicted molar refractivity (Wildman–Crippen MR) is 111 cm³/mol. The second-order valence-electron chi connectivity index (χ2n) is 7.00. The number of rotatable bonds is 6. The second kappa shape index (κ2) is 8.94. The second-order valence-corrected chi connectivity index (χ2v) is 9.01. The molecule has 0 bridgehead atoms. The molecule has 0 unspecified atom stereocenters. The molecule has 1 heterocycles. The third kappa shape index (κ3) is 4.77. The number of aryl methyl sites for hydroxylation is 1. The number of ether oxygens (including phenoxy) is 2. The molecule has 0 amide bonds. The van der Waals surface area contributed by atoms with Gasteiger partial charge in [-0.05, 0) is 48.4 Å². The number of anilines is 1. The van der Waals surface area contributed by atoms with Crippen LogP contribution in [0.3, 0.4) is 0 Å². The molecule has 1 fully saturated rings. The number of hydrogen-bond acceptors (Lipinski definition) is 6. The number of esters is 1. The van der Waals surface area contributed by atoms with Gasteiger partial charge in [0.15, 0.2) is 0 Å². The molecule has 8 heteroatoms. The molecule has 0 aliphatic carbocycles. The summed E-state index contributed by atoms with van der Waals surface area (Å²) in [4.78, 5) is 14.1. The van der Waals surface area contributed by atoms with E-state index in [1.165, 1.54) is 29.6 Å². The first-order valence-corrected chi connectivity index (χ1v) is 10.8. The van der Waals surface area contributed by atoms with Crippen molar-refractivity contribution < 1.29 is 22.7 Å². The zero-order chi connectivity index (χ0) is 21.0. The quantitative estimate of drug-likeness (QED) is 0.671. The molecule has 0 spiro atoms. The molecule has 0 saturated carbocycles. The van der Waals surface area contributed by atoms with E-state index < -0.39 is 16.0 Å². The van der Waals surface area contributed by atoms with Crippen molar-refractivity contribution in [3.63, 3.8) is 0 Å². The number of sulfonamides is 1. The van der Waals surface area contributed by atoms with Crippen molar-refractivity contribution >= 4 is 21.7 Å². The van der Waals surface area contributed by atoms with Gasteiger partial charge < -0.3 is 14.4 Å². The van der Waals surface area contributed by atoms with Crippen LogP contribution >= 0.6 is 0 Å². The number of hydrogen-bond donors (Lipinski definition) is 0. The third-order valence-electron chi connectivity index (χ3n) is 5.00. The normalized spacial score (nSPS) is 14.8. The molecule has 0 N–H and O–H groups in total. The Bertz CT molecular complexity index is 967. The van der Waals surface area contributed by atoms with Gasteiger partial charge in [0.05, 0.1) is 30.8 Å². The lowest BCUT2D eigenvalue weighted by Crippen LogP contribution is -2.36. The fourth-order valence-electron chi connectivity index (χ4n) is 3.33. The molecule has 1 aliphatic rings. The van der Waals surface area contributed by atoms with E-state index >= 15 is 0 Å². The molecule has 156 valence electrons. The van der Waals surface area contributed by atoms with Gasteiger partial charge in [-0.2, -0.15) is 4.31 Å². The van der Waals surface area contributed by atoms with E-state index in [1.807, 2.05) is 24.3 Å². The molecule has 0 aromatic heterocycles. The van der Waals surface area contributed by atoms with Crippen LogP contribution in [0.15, 0.2) is 47.4 Å². The number of carbonyl (C=O) groups is 1. The highest BCUT2D eigenvalue weighted by Gasteiger charge is 2.24. The van der Waals surface area contributed by atoms with Crippen LogP contribution in [0.25, 0.3) is 0 Å². The van der Waals surface area contributed by atoms with E-state index in [9.17, 15) is 13.2 Å². The van der Waals surface area contributed by atoms with E-state index in [2.05, 4.69) is 9.64 Å². The fourth-order valence-corrected chi connectivity index (χ4v) is 4.69. The lowest BCUT2D eigenvalue weighted by atomic mass is 10.1. The zero-order valence-corrected chi connectivity index (χ0v) is 17.7. The van der Waals surface area contributed by atoms with E-state index in [0.717, 1.165) is 37.6 Å². The Hall–Kier alpha value is -2.42. The van der Waals surface area contributed by atoms with Gasteiger partial charge in [0, 0.05) is 32.4 Å². The average molecular weight is 419 g/mol. The minimum Gasteiger partial charge on any atom is -0.465 e. The van der Waals surface area contributed by atoms with E-state index in [-0.39, 0.29) is 11.4 Å². The molecule has 2 aromatic rings. The van der Waals surface area contributed by atoms with Crippen molar-refractivity contribution in [1.82, 2.24) is 4.31 Å². The summed E-state index contributed by atoms with van der Waals surface area (Å²) in [5.74, 6) is -0.495. The summed E-state index contributed by atoms with van der Waals surface area (Å²) >= 11 is 0. The van der Waals surface area contributed by atoms with Crippen LogP contribution in [0.2, 0.25) is 0 Å². The average Bonchev–Trinajstić information content (AvgIpc) is 2.74. The van der Waals surface area contributed by atoms with Crippen molar-refractivity contribution in [3.8, 4) is 0 Å². The summed E-state index contributed by atoms with van der Waals surface area (Å²) in [5.41, 5.74) is 2.83. The van der Waals surface area contributed by atoms with Crippen LogP contribution in [-0.2, 0) is 26.0 Å². The van der Waals surface area contributed by atoms with Crippen LogP contribution in [0.5, 0.6) is 0 Å². The molecule has 1 saturated heterocycles. The highest BCUT2D eigenvalue weighted by molar-refractivity contribution is 7.89. The smallest absolute Gasteiger partial charge is 0.337 e. The highest BCUT2D eigenvalue weighted by atomic mass is 32.2. The predicted octanol–water partition coefficient (Wildman–Crippen LogP) is 2.44. The molecular weight excluding hydrogens is 392 g/mol. The van der Waals surface area contributed by atoms with Crippen molar-refractivity contribution in [1.29, 1.82) is 0 Å². The maximum atomic E-state index is 13.0. The molecule has 7 nitrogen and oxygen atoms in total. The van der Waals surface area contributed by atoms with Gasteiger partial charge in [0.2, 0.25) is 10.0 Å². The van der Waals surface area contributed by atoms with Gasteiger partial charge in [-0.1, -0.05) is 12.1 Å². The summed E-state index contributed by atoms with van der Waals surface area (Å²) in [6.07, 6.45) is 0. The Kier molecular flexibility index (Phi) is 6.56. The number of benzene rings is 2. The van der Waals surface area contributed by atoms with Gasteiger partial charge in [-0.15, -0.1) is 0 Å². The van der Waals surface area contributed by atoms with Crippen molar-refractivity contribution in [2.24, 2.45) is 0 Å². The molecule has 1 aliphatic heterocycles. The van der Waals surface area contributed by atoms with E-state index in [4.69, 9.17) is 4.74 Å². The van der Waals surface area contributed by atoms with Crippen LogP contribution in [0.4, 0.5) is 5.69 Å². The summed E-state index contributed by atoms with van der Waals surface area (Å²) in [6.45, 7) is 5.07. The summed E-state index contributed by atoms with van der Waals surface area (Å²) in [6, 6.07) is 12.4. The lowest BCUT2D eigenvalue weighted by molar-refractivity contribution is 0.0600. The van der Waals surface area contributed by atoms with Gasteiger partial charge in [-0.25, -0.2) is 13.2 Å². The minimum absolute atomic E-state index is 0.178. The first-order valence-electron chi connectivity index (χ1n) is 9.40. The summed E-state index contributed by atoms with van der Waals surface area (Å²) in [5, 5.41) is 0. The number of morpholine rings is 1. The summed E-state index contributed by atoms with van der Waals surface area (Å²) in [7, 11) is -0.847. The van der Waals surface area contributed by atoms with Gasteiger partial charge in [0.1, 0.15) is 0 Å². The highest BCUT2D eigenvalue weighted by Crippen LogP contribution is 2.23. The first-order chi connectivity index (χ1) is 13.8. The molecule has 0 radical (unpaired) electrons. The SMILES string of the molecule is COC(=O)c1ccc(S(=O)(=O)N(C)Cc2ccc(N3CCOCC3)cc2)c(C)c1. The fraction of sp³-hybridized carbons (Fsp3) is 0.381. The van der Waals surface area contributed by atoms with Crippen LogP contribution in [0.1, 0.15) is 21.5 Å². The third-order valence-corrected chi connectivity index (χ3v) is 6.97. The van der Waals surface area contributed by atoms with Crippen molar-refractivity contribution in [2.45, 2.75) is 18.4 Å². The molecule has 3 rings (SSSR count). The summed E-state index contributed by atoms with van der Waals surface area (Å²) < 4.78 is 37.4. The van der Waals surface area contributed by atoms with Gasteiger partial charge in [0.25, 0.3) is 0 Å². The molecule has 0 atom stereocenters. The minimum atomic E-state index is -3.69. The Labute approximate surface area is 171 Å². The Balaban J connectivity index is 1.74. The first kappa shape index (κ1) is 21.3. The number of nitrogens with zero attached hydrogens (tertiary/aromatic N) is 2. The van der Waals surface area contributed by atoms with Crippen molar-refractivity contribution in [2.75, 3.05) is 45.4 Å². The maximum Gasteiger partial charge on any atom is 0.337 e. The Morgan fingerprint density at radius 3 is 2.38 bits per heavy atom. The van der Waals surface area contributed by atoms with E-state index in [0.29, 0.717) is 11.1 Å². The number of methoxy groups -OCH3 is 1. The maximum absolute atomic E-state index is 13.0. The van der Waals surface area contributed by atoms with Crippen LogP contribution < -0.4 is 4.90 Å². The van der Waals surface area contributed by atoms with Crippen LogP contribution in [0, 0.1) is 6.92 Å². The monoisotopic (exact) mass is 418 g/mol. The Morgan fingerprint density at radius 2 is 1.79 bits per heavy atom. The molecular formula is C21H26N2O5S. The standard InChI is InChI=1S/C21H26N2O5S/c1-16-14-18(21(24)27-3)6-9-20(16)29(25,26)22(2)15-17-4-7-19(8-5-17)23-10-12-28-13-11-23/h4-9,14H,10-13,15H2,1-3H3. The van der Waals surface area contributed by atoms with E-state index in [1.54, 1.807) is 14.0 Å². The number of carbonyl (C=O) groups excluding carboxylic acids is 1. The van der Waals surface area contributed by atoms with Crippen LogP contribution in [-0.4, -0.2) is 59.2 Å². The largest absolute Gasteiger partial charge is 0.465 e. The lowest BCUT2D eigenvalue weighted by Gasteiger charge is -2.29. The van der Waals surface area contributed by atoms with Gasteiger partial charge >= 0.3 is 5.97 Å². The molecule has 2 aromatic carbocycles. The zero-order valence-electron chi connectivity index (χ0n) is 16.9. The van der Waals surface area contributed by atoms with Gasteiger partial charge in [-0.3, -0.25) is 0 Å². The van der Waals surface area contributed by atoms with Crippen molar-refractivity contribution in [3.05, 3.63) is 59.2 Å². The molecule has 29 heavy (non-hydrogen) atoms. The Morgan fingerprint density at radius 1 is 1.14 bits per heavy atom. The topological polar surface area (TPSA) is 76.2 Å².